The molecule has 1 aromatic heterocycles. The normalized spacial score (nSPS) is 17.9. The number of hydrogen-bond acceptors (Lipinski definition) is 3. The van der Waals surface area contributed by atoms with Gasteiger partial charge < -0.3 is 10.1 Å². The maximum atomic E-state index is 12.3. The van der Waals surface area contributed by atoms with Crippen LogP contribution in [0.3, 0.4) is 0 Å². The van der Waals surface area contributed by atoms with Gasteiger partial charge in [0.15, 0.2) is 0 Å². The Kier molecular flexibility index (Phi) is 6.04. The van der Waals surface area contributed by atoms with Crippen LogP contribution in [0.2, 0.25) is 0 Å². The van der Waals surface area contributed by atoms with Crippen LogP contribution in [-0.2, 0) is 16.1 Å². The number of rotatable bonds is 6. The van der Waals surface area contributed by atoms with E-state index in [1.54, 1.807) is 0 Å². The molecule has 1 N–H and O–H groups in total. The van der Waals surface area contributed by atoms with Crippen LogP contribution in [-0.4, -0.2) is 34.1 Å². The Morgan fingerprint density at radius 2 is 2.13 bits per heavy atom. The van der Waals surface area contributed by atoms with Gasteiger partial charge in [-0.1, -0.05) is 26.2 Å². The summed E-state index contributed by atoms with van der Waals surface area (Å²) in [5, 5.41) is 6.17. The van der Waals surface area contributed by atoms with Gasteiger partial charge in [0, 0.05) is 6.20 Å². The third kappa shape index (κ3) is 5.85. The Hall–Kier alpha value is -1.57. The predicted molar refractivity (Wildman–Crippen MR) is 78.9 cm³/mol. The first-order valence-electron chi connectivity index (χ1n) is 7.93. The molecular formula is C15H22F3N3O2. The van der Waals surface area contributed by atoms with Gasteiger partial charge in [0.1, 0.15) is 12.6 Å². The van der Waals surface area contributed by atoms with E-state index in [-0.39, 0.29) is 17.7 Å². The van der Waals surface area contributed by atoms with Crippen LogP contribution in [0.1, 0.15) is 45.4 Å². The molecule has 1 aliphatic carbocycles. The van der Waals surface area contributed by atoms with Gasteiger partial charge in [-0.15, -0.1) is 0 Å². The van der Waals surface area contributed by atoms with Gasteiger partial charge in [0.25, 0.3) is 5.91 Å². The SMILES string of the molecule is CC[C@H](OC1CCCCC1)C(=O)Nc1cnn(CC(F)(F)F)c1. The fraction of sp³-hybridized carbons (Fsp3) is 0.733. The summed E-state index contributed by atoms with van der Waals surface area (Å²) in [6.07, 6.45) is 3.34. The minimum atomic E-state index is -4.34. The Morgan fingerprint density at radius 1 is 1.43 bits per heavy atom. The van der Waals surface area contributed by atoms with Crippen molar-refractivity contribution in [3.8, 4) is 0 Å². The second kappa shape index (κ2) is 7.81. The summed E-state index contributed by atoms with van der Waals surface area (Å²) in [4.78, 5) is 12.2. The van der Waals surface area contributed by atoms with Crippen molar-refractivity contribution < 1.29 is 22.7 Å². The first kappa shape index (κ1) is 17.8. The van der Waals surface area contributed by atoms with E-state index in [0.717, 1.165) is 30.4 Å². The smallest absolute Gasteiger partial charge is 0.365 e. The summed E-state index contributed by atoms with van der Waals surface area (Å²) in [5.41, 5.74) is 0.241. The van der Waals surface area contributed by atoms with Crippen LogP contribution < -0.4 is 5.32 Å². The van der Waals surface area contributed by atoms with Crippen molar-refractivity contribution in [2.24, 2.45) is 0 Å². The number of halogens is 3. The van der Waals surface area contributed by atoms with E-state index in [1.807, 2.05) is 6.92 Å². The maximum absolute atomic E-state index is 12.3. The zero-order chi connectivity index (χ0) is 16.9. The quantitative estimate of drug-likeness (QED) is 0.867. The molecular weight excluding hydrogens is 311 g/mol. The highest BCUT2D eigenvalue weighted by Crippen LogP contribution is 2.23. The number of nitrogens with zero attached hydrogens (tertiary/aromatic N) is 2. The number of hydrogen-bond donors (Lipinski definition) is 1. The summed E-state index contributed by atoms with van der Waals surface area (Å²) < 4.78 is 43.5. The summed E-state index contributed by atoms with van der Waals surface area (Å²) in [5.74, 6) is -0.343. The zero-order valence-electron chi connectivity index (χ0n) is 13.1. The van der Waals surface area contributed by atoms with Gasteiger partial charge in [-0.25, -0.2) is 0 Å². The van der Waals surface area contributed by atoms with Gasteiger partial charge >= 0.3 is 6.18 Å². The molecule has 0 bridgehead atoms. The summed E-state index contributed by atoms with van der Waals surface area (Å²) in [6, 6.07) is 0. The van der Waals surface area contributed by atoms with Gasteiger partial charge in [-0.05, 0) is 19.3 Å². The van der Waals surface area contributed by atoms with Crippen LogP contribution in [0.5, 0.6) is 0 Å². The molecule has 1 heterocycles. The molecule has 130 valence electrons. The van der Waals surface area contributed by atoms with Crippen molar-refractivity contribution in [2.45, 2.75) is 70.4 Å². The standard InChI is InChI=1S/C15H22F3N3O2/c1-2-13(23-12-6-4-3-5-7-12)14(22)20-11-8-19-21(9-11)10-15(16,17)18/h8-9,12-13H,2-7,10H2,1H3,(H,20,22)/t13-/m0/s1. The zero-order valence-corrected chi connectivity index (χ0v) is 13.1. The molecule has 1 aromatic rings. The number of alkyl halides is 3. The van der Waals surface area contributed by atoms with E-state index in [0.29, 0.717) is 6.42 Å². The predicted octanol–water partition coefficient (Wildman–Crippen LogP) is 3.51. The number of carbonyl (C=O) groups is 1. The van der Waals surface area contributed by atoms with Crippen molar-refractivity contribution >= 4 is 11.6 Å². The minimum absolute atomic E-state index is 0.0902. The Balaban J connectivity index is 1.88. The molecule has 1 amide bonds. The molecule has 0 spiro atoms. The molecule has 0 saturated heterocycles. The fourth-order valence-electron chi connectivity index (χ4n) is 2.70. The maximum Gasteiger partial charge on any atom is 0.408 e. The Morgan fingerprint density at radius 3 is 2.74 bits per heavy atom. The van der Waals surface area contributed by atoms with Gasteiger partial charge in [0.05, 0.1) is 18.0 Å². The fourth-order valence-corrected chi connectivity index (χ4v) is 2.70. The average molecular weight is 333 g/mol. The van der Waals surface area contributed by atoms with Crippen molar-refractivity contribution in [1.82, 2.24) is 9.78 Å². The van der Waals surface area contributed by atoms with Gasteiger partial charge in [0.2, 0.25) is 0 Å². The van der Waals surface area contributed by atoms with Crippen molar-refractivity contribution in [3.05, 3.63) is 12.4 Å². The second-order valence-electron chi connectivity index (χ2n) is 5.82. The molecule has 1 fully saturated rings. The van der Waals surface area contributed by atoms with Crippen LogP contribution in [0.25, 0.3) is 0 Å². The lowest BCUT2D eigenvalue weighted by molar-refractivity contribution is -0.142. The monoisotopic (exact) mass is 333 g/mol. The molecule has 1 atom stereocenters. The molecule has 0 unspecified atom stereocenters. The third-order valence-corrected chi connectivity index (χ3v) is 3.81. The van der Waals surface area contributed by atoms with E-state index >= 15 is 0 Å². The van der Waals surface area contributed by atoms with E-state index in [2.05, 4.69) is 10.4 Å². The lowest BCUT2D eigenvalue weighted by Gasteiger charge is -2.26. The lowest BCUT2D eigenvalue weighted by atomic mass is 9.97. The van der Waals surface area contributed by atoms with Crippen LogP contribution in [0.4, 0.5) is 18.9 Å². The Bertz CT molecular complexity index is 510. The van der Waals surface area contributed by atoms with E-state index in [1.165, 1.54) is 18.8 Å². The Labute approximate surface area is 133 Å². The number of amides is 1. The largest absolute Gasteiger partial charge is 0.408 e. The second-order valence-corrected chi connectivity index (χ2v) is 5.82. The van der Waals surface area contributed by atoms with Crippen molar-refractivity contribution in [3.63, 3.8) is 0 Å². The van der Waals surface area contributed by atoms with Gasteiger partial charge in [-0.3, -0.25) is 9.48 Å². The first-order chi connectivity index (χ1) is 10.9. The van der Waals surface area contributed by atoms with E-state index in [9.17, 15) is 18.0 Å². The third-order valence-electron chi connectivity index (χ3n) is 3.81. The number of ether oxygens (including phenoxy) is 1. The molecule has 0 aromatic carbocycles. The average Bonchev–Trinajstić information content (AvgIpc) is 2.90. The molecule has 23 heavy (non-hydrogen) atoms. The summed E-state index contributed by atoms with van der Waals surface area (Å²) in [7, 11) is 0. The van der Waals surface area contributed by atoms with Crippen LogP contribution in [0.15, 0.2) is 12.4 Å². The number of aromatic nitrogens is 2. The highest BCUT2D eigenvalue weighted by molar-refractivity contribution is 5.93. The molecule has 2 rings (SSSR count). The molecule has 1 saturated carbocycles. The van der Waals surface area contributed by atoms with E-state index < -0.39 is 18.8 Å². The molecule has 8 heteroatoms. The van der Waals surface area contributed by atoms with Crippen LogP contribution in [0, 0.1) is 0 Å². The molecule has 0 radical (unpaired) electrons. The molecule has 5 nitrogen and oxygen atoms in total. The first-order valence-corrected chi connectivity index (χ1v) is 7.93. The van der Waals surface area contributed by atoms with Gasteiger partial charge in [-0.2, -0.15) is 18.3 Å². The topological polar surface area (TPSA) is 56.1 Å². The number of carbonyl (C=O) groups excluding carboxylic acids is 1. The minimum Gasteiger partial charge on any atom is -0.365 e. The summed E-state index contributed by atoms with van der Waals surface area (Å²) >= 11 is 0. The van der Waals surface area contributed by atoms with Crippen molar-refractivity contribution in [2.75, 3.05) is 5.32 Å². The summed E-state index contributed by atoms with van der Waals surface area (Å²) in [6.45, 7) is 0.665. The van der Waals surface area contributed by atoms with Crippen LogP contribution >= 0.6 is 0 Å². The highest BCUT2D eigenvalue weighted by Gasteiger charge is 2.29. The number of nitrogens with one attached hydrogen (secondary N) is 1. The lowest BCUT2D eigenvalue weighted by Crippen LogP contribution is -2.34. The number of anilines is 1. The molecule has 1 aliphatic rings. The molecule has 0 aliphatic heterocycles. The highest BCUT2D eigenvalue weighted by atomic mass is 19.4. The van der Waals surface area contributed by atoms with E-state index in [4.69, 9.17) is 4.74 Å². The van der Waals surface area contributed by atoms with Crippen molar-refractivity contribution in [1.29, 1.82) is 0 Å².